The van der Waals surface area contributed by atoms with Gasteiger partial charge in [0.2, 0.25) is 0 Å². The lowest BCUT2D eigenvalue weighted by molar-refractivity contribution is -0.384. The number of allylic oxidation sites excluding steroid dienone is 2. The minimum atomic E-state index is -0.478. The third kappa shape index (κ3) is 2.34. The number of rotatable bonds is 4. The molecular formula is C20H15N3O5. The normalized spacial score (nSPS) is 27.9. The molecule has 2 aliphatic carbocycles. The summed E-state index contributed by atoms with van der Waals surface area (Å²) in [6.45, 7) is 0. The van der Waals surface area contributed by atoms with Gasteiger partial charge in [0.15, 0.2) is 0 Å². The molecule has 28 heavy (non-hydrogen) atoms. The fourth-order valence-electron chi connectivity index (χ4n) is 4.52. The first-order chi connectivity index (χ1) is 13.5. The zero-order valence-corrected chi connectivity index (χ0v) is 14.6. The summed E-state index contributed by atoms with van der Waals surface area (Å²) in [7, 11) is 0. The second-order valence-corrected chi connectivity index (χ2v) is 7.21. The third-order valence-corrected chi connectivity index (χ3v) is 5.74. The maximum Gasteiger partial charge on any atom is 0.280 e. The smallest absolute Gasteiger partial charge is 0.280 e. The van der Waals surface area contributed by atoms with Crippen molar-refractivity contribution in [2.24, 2.45) is 28.8 Å². The van der Waals surface area contributed by atoms with E-state index in [2.05, 4.69) is 5.10 Å². The Morgan fingerprint density at radius 1 is 1.07 bits per heavy atom. The Kier molecular flexibility index (Phi) is 3.55. The van der Waals surface area contributed by atoms with Crippen LogP contribution in [0.3, 0.4) is 0 Å². The van der Waals surface area contributed by atoms with E-state index in [-0.39, 0.29) is 41.2 Å². The summed E-state index contributed by atoms with van der Waals surface area (Å²) in [5, 5.41) is 16.2. The lowest BCUT2D eigenvalue weighted by Gasteiger charge is -2.13. The van der Waals surface area contributed by atoms with Crippen molar-refractivity contribution >= 4 is 23.7 Å². The molecule has 1 aromatic carbocycles. The van der Waals surface area contributed by atoms with Crippen LogP contribution in [-0.2, 0) is 9.59 Å². The van der Waals surface area contributed by atoms with Crippen LogP contribution >= 0.6 is 0 Å². The zero-order chi connectivity index (χ0) is 19.4. The number of benzene rings is 1. The van der Waals surface area contributed by atoms with Gasteiger partial charge in [0.1, 0.15) is 11.5 Å². The number of amides is 2. The highest BCUT2D eigenvalue weighted by molar-refractivity contribution is 6.06. The summed E-state index contributed by atoms with van der Waals surface area (Å²) in [4.78, 5) is 35.9. The Balaban J connectivity index is 1.39. The number of para-hydroxylation sites is 1. The molecule has 2 aromatic rings. The van der Waals surface area contributed by atoms with Crippen LogP contribution in [0.5, 0.6) is 0 Å². The molecule has 8 heteroatoms. The fraction of sp³-hybridized carbons (Fsp3) is 0.250. The Bertz CT molecular complexity index is 1040. The van der Waals surface area contributed by atoms with Crippen molar-refractivity contribution in [1.29, 1.82) is 0 Å². The molecule has 1 saturated carbocycles. The number of hydrogen-bond donors (Lipinski definition) is 0. The zero-order valence-electron chi connectivity index (χ0n) is 14.6. The number of carbonyl (C=O) groups excluding carboxylic acids is 2. The third-order valence-electron chi connectivity index (χ3n) is 5.74. The fourth-order valence-corrected chi connectivity index (χ4v) is 4.52. The van der Waals surface area contributed by atoms with Crippen molar-refractivity contribution in [1.82, 2.24) is 5.01 Å². The highest BCUT2D eigenvalue weighted by Gasteiger charge is 2.59. The second kappa shape index (κ2) is 5.98. The number of nitrogens with zero attached hydrogens (tertiary/aromatic N) is 3. The van der Waals surface area contributed by atoms with E-state index < -0.39 is 4.92 Å². The van der Waals surface area contributed by atoms with Gasteiger partial charge in [-0.25, -0.2) is 0 Å². The number of hydrazone groups is 1. The van der Waals surface area contributed by atoms with Gasteiger partial charge in [-0.3, -0.25) is 19.7 Å². The van der Waals surface area contributed by atoms with Gasteiger partial charge in [-0.1, -0.05) is 24.3 Å². The maximum absolute atomic E-state index is 12.6. The van der Waals surface area contributed by atoms with Crippen LogP contribution in [0.25, 0.3) is 11.3 Å². The maximum atomic E-state index is 12.6. The van der Waals surface area contributed by atoms with Crippen molar-refractivity contribution < 1.29 is 18.9 Å². The number of hydrogen-bond acceptors (Lipinski definition) is 6. The van der Waals surface area contributed by atoms with Crippen molar-refractivity contribution in [2.75, 3.05) is 0 Å². The van der Waals surface area contributed by atoms with E-state index in [9.17, 15) is 19.7 Å². The minimum absolute atomic E-state index is 0.0685. The predicted octanol–water partition coefficient (Wildman–Crippen LogP) is 3.00. The van der Waals surface area contributed by atoms with E-state index in [1.807, 2.05) is 12.2 Å². The predicted molar refractivity (Wildman–Crippen MR) is 98.0 cm³/mol. The summed E-state index contributed by atoms with van der Waals surface area (Å²) in [6, 6.07) is 9.43. The molecule has 0 N–H and O–H groups in total. The van der Waals surface area contributed by atoms with E-state index in [4.69, 9.17) is 4.42 Å². The number of nitro groups is 1. The number of imide groups is 1. The second-order valence-electron chi connectivity index (χ2n) is 7.21. The van der Waals surface area contributed by atoms with Crippen LogP contribution in [0, 0.1) is 33.8 Å². The van der Waals surface area contributed by atoms with Gasteiger partial charge in [0.05, 0.1) is 28.5 Å². The first kappa shape index (κ1) is 16.6. The quantitative estimate of drug-likeness (QED) is 0.268. The molecule has 0 spiro atoms. The summed E-state index contributed by atoms with van der Waals surface area (Å²) >= 11 is 0. The molecule has 2 fully saturated rings. The van der Waals surface area contributed by atoms with Gasteiger partial charge in [-0.2, -0.15) is 10.1 Å². The summed E-state index contributed by atoms with van der Waals surface area (Å²) in [6.07, 6.45) is 6.21. The Morgan fingerprint density at radius 2 is 1.75 bits per heavy atom. The van der Waals surface area contributed by atoms with E-state index >= 15 is 0 Å². The molecule has 2 heterocycles. The lowest BCUT2D eigenvalue weighted by atomic mass is 9.85. The number of carbonyl (C=O) groups is 2. The standard InChI is InChI=1S/C20H15N3O5/c24-19-17-11-5-6-12(9-11)18(17)20(25)22(19)21-10-13-7-8-16(28-13)14-3-1-2-4-15(14)23(26)27/h1-8,10-12,17-18H,9H2/b21-10-/t11-,12-,17-,18-/m0/s1. The molecule has 2 bridgehead atoms. The average molecular weight is 377 g/mol. The van der Waals surface area contributed by atoms with Gasteiger partial charge in [0, 0.05) is 6.07 Å². The molecule has 5 rings (SSSR count). The van der Waals surface area contributed by atoms with Gasteiger partial charge >= 0.3 is 0 Å². The molecule has 1 aromatic heterocycles. The Labute approximate surface area is 159 Å². The molecule has 1 saturated heterocycles. The van der Waals surface area contributed by atoms with Crippen LogP contribution in [0.4, 0.5) is 5.69 Å². The topological polar surface area (TPSA) is 106 Å². The van der Waals surface area contributed by atoms with Gasteiger partial charge in [-0.05, 0) is 36.5 Å². The monoisotopic (exact) mass is 377 g/mol. The van der Waals surface area contributed by atoms with Crippen LogP contribution in [0.1, 0.15) is 12.2 Å². The van der Waals surface area contributed by atoms with Crippen molar-refractivity contribution in [3.63, 3.8) is 0 Å². The molecule has 3 aliphatic rings. The molecule has 140 valence electrons. The number of furan rings is 1. The van der Waals surface area contributed by atoms with E-state index in [0.29, 0.717) is 17.1 Å². The lowest BCUT2D eigenvalue weighted by Crippen LogP contribution is -2.28. The van der Waals surface area contributed by atoms with Crippen LogP contribution < -0.4 is 0 Å². The van der Waals surface area contributed by atoms with Gasteiger partial charge < -0.3 is 4.42 Å². The first-order valence-corrected chi connectivity index (χ1v) is 8.98. The molecular weight excluding hydrogens is 362 g/mol. The minimum Gasteiger partial charge on any atom is -0.455 e. The van der Waals surface area contributed by atoms with Gasteiger partial charge in [0.25, 0.3) is 17.5 Å². The summed E-state index contributed by atoms with van der Waals surface area (Å²) in [5.41, 5.74) is 0.277. The molecule has 0 unspecified atom stereocenters. The van der Waals surface area contributed by atoms with Crippen LogP contribution in [0.2, 0.25) is 0 Å². The highest BCUT2D eigenvalue weighted by atomic mass is 16.6. The highest BCUT2D eigenvalue weighted by Crippen LogP contribution is 2.52. The van der Waals surface area contributed by atoms with Crippen molar-refractivity contribution in [3.8, 4) is 11.3 Å². The number of nitro benzene ring substituents is 1. The Hall–Kier alpha value is -3.55. The van der Waals surface area contributed by atoms with Crippen LogP contribution in [0.15, 0.2) is 58.1 Å². The molecule has 1 aliphatic heterocycles. The van der Waals surface area contributed by atoms with Crippen molar-refractivity contribution in [2.45, 2.75) is 6.42 Å². The summed E-state index contributed by atoms with van der Waals surface area (Å²) in [5.74, 6) is -0.292. The van der Waals surface area contributed by atoms with E-state index in [1.165, 1.54) is 12.3 Å². The molecule has 8 nitrogen and oxygen atoms in total. The van der Waals surface area contributed by atoms with Crippen molar-refractivity contribution in [3.05, 3.63) is 64.4 Å². The molecule has 4 atom stereocenters. The van der Waals surface area contributed by atoms with E-state index in [1.54, 1.807) is 30.3 Å². The van der Waals surface area contributed by atoms with Crippen LogP contribution in [-0.4, -0.2) is 28.0 Å². The summed E-state index contributed by atoms with van der Waals surface area (Å²) < 4.78 is 5.62. The Morgan fingerprint density at radius 3 is 2.43 bits per heavy atom. The van der Waals surface area contributed by atoms with Gasteiger partial charge in [-0.15, -0.1) is 0 Å². The number of fused-ring (bicyclic) bond motifs is 5. The molecule has 0 radical (unpaired) electrons. The average Bonchev–Trinajstić information content (AvgIpc) is 3.46. The largest absolute Gasteiger partial charge is 0.455 e. The van der Waals surface area contributed by atoms with E-state index in [0.717, 1.165) is 11.4 Å². The SMILES string of the molecule is O=C1[C@@H]2[C@@H](C(=O)N1/N=C\c1ccc(-c3ccccc3[N+](=O)[O-])o1)[C@H]1C=C[C@H]2C1. The first-order valence-electron chi connectivity index (χ1n) is 8.98. The molecule has 2 amide bonds.